The van der Waals surface area contributed by atoms with E-state index in [1.54, 1.807) is 18.2 Å². The number of cyclic esters (lactones) is 1. The molecule has 1 aliphatic carbocycles. The molecule has 41 heavy (non-hydrogen) atoms. The standard InChI is InChI=1S/C33H34N2O5S/c1-2-16-33(17-15-23-7-4-3-5-8-23)19-28(36)31(32(37)40-33)30(26-12-13-26)27-10-6-9-24(18-27)22-41(38,39)29-14-11-25(20-34)21-35-29/h3-11,14,18,21,26,30-31H,2,12-13,15-17,19,22H2,1H3. The van der Waals surface area contributed by atoms with Gasteiger partial charge in [0.05, 0.1) is 11.3 Å². The highest BCUT2D eigenvalue weighted by atomic mass is 32.2. The number of nitrogens with zero attached hydrogens (tertiary/aromatic N) is 2. The number of hydrogen-bond donors (Lipinski definition) is 0. The number of rotatable bonds is 11. The van der Waals surface area contributed by atoms with E-state index < -0.39 is 27.3 Å². The predicted octanol–water partition coefficient (Wildman–Crippen LogP) is 5.72. The van der Waals surface area contributed by atoms with Crippen molar-refractivity contribution in [2.75, 3.05) is 0 Å². The molecular formula is C33H34N2O5S. The van der Waals surface area contributed by atoms with Gasteiger partial charge >= 0.3 is 5.97 Å². The van der Waals surface area contributed by atoms with Gasteiger partial charge in [-0.15, -0.1) is 0 Å². The number of Topliss-reactive ketones (excluding diaryl/α,β-unsaturated/α-hetero) is 1. The van der Waals surface area contributed by atoms with E-state index in [0.29, 0.717) is 18.4 Å². The summed E-state index contributed by atoms with van der Waals surface area (Å²) in [5.74, 6) is -1.89. The molecule has 1 saturated heterocycles. The van der Waals surface area contributed by atoms with Crippen molar-refractivity contribution in [3.63, 3.8) is 0 Å². The van der Waals surface area contributed by atoms with Crippen molar-refractivity contribution in [1.82, 2.24) is 4.98 Å². The second-order valence-electron chi connectivity index (χ2n) is 11.3. The van der Waals surface area contributed by atoms with E-state index >= 15 is 0 Å². The van der Waals surface area contributed by atoms with Gasteiger partial charge in [0.15, 0.2) is 20.6 Å². The smallest absolute Gasteiger partial charge is 0.317 e. The lowest BCUT2D eigenvalue weighted by atomic mass is 9.73. The number of ketones is 1. The van der Waals surface area contributed by atoms with Gasteiger partial charge in [-0.05, 0) is 66.8 Å². The number of nitriles is 1. The first-order valence-electron chi connectivity index (χ1n) is 14.2. The van der Waals surface area contributed by atoms with Crippen LogP contribution in [0.3, 0.4) is 0 Å². The minimum Gasteiger partial charge on any atom is -0.458 e. The van der Waals surface area contributed by atoms with Crippen LogP contribution < -0.4 is 0 Å². The fourth-order valence-corrected chi connectivity index (χ4v) is 7.36. The molecule has 212 valence electrons. The van der Waals surface area contributed by atoms with Crippen LogP contribution in [0.2, 0.25) is 0 Å². The van der Waals surface area contributed by atoms with Crippen LogP contribution in [0, 0.1) is 23.2 Å². The quantitative estimate of drug-likeness (QED) is 0.214. The maximum Gasteiger partial charge on any atom is 0.317 e. The van der Waals surface area contributed by atoms with Gasteiger partial charge in [-0.25, -0.2) is 13.4 Å². The first kappa shape index (κ1) is 28.7. The van der Waals surface area contributed by atoms with Crippen molar-refractivity contribution < 1.29 is 22.7 Å². The largest absolute Gasteiger partial charge is 0.458 e. The maximum atomic E-state index is 13.8. The van der Waals surface area contributed by atoms with Crippen molar-refractivity contribution in [2.24, 2.45) is 11.8 Å². The molecule has 3 unspecified atom stereocenters. The van der Waals surface area contributed by atoms with Crippen LogP contribution in [0.4, 0.5) is 0 Å². The highest BCUT2D eigenvalue weighted by Gasteiger charge is 2.52. The molecule has 2 aromatic carbocycles. The van der Waals surface area contributed by atoms with Crippen molar-refractivity contribution in [3.05, 3.63) is 95.2 Å². The topological polar surface area (TPSA) is 114 Å². The van der Waals surface area contributed by atoms with E-state index in [1.807, 2.05) is 49.4 Å². The SMILES string of the molecule is CCCC1(CCc2ccccc2)CC(=O)C(C(c2cccc(CS(=O)(=O)c3ccc(C#N)cn3)c2)C2CC2)C(=O)O1. The van der Waals surface area contributed by atoms with Crippen LogP contribution in [-0.4, -0.2) is 30.8 Å². The minimum atomic E-state index is -3.76. The van der Waals surface area contributed by atoms with E-state index in [9.17, 15) is 18.0 Å². The normalized spacial score (nSPS) is 21.6. The Balaban J connectivity index is 1.36. The first-order valence-corrected chi connectivity index (χ1v) is 15.9. The van der Waals surface area contributed by atoms with Crippen molar-refractivity contribution in [3.8, 4) is 6.07 Å². The summed E-state index contributed by atoms with van der Waals surface area (Å²) in [5, 5.41) is 8.87. The molecule has 0 bridgehead atoms. The third-order valence-electron chi connectivity index (χ3n) is 8.20. The molecule has 2 aliphatic rings. The summed E-state index contributed by atoms with van der Waals surface area (Å²) in [6.45, 7) is 2.04. The number of carbonyl (C=O) groups excluding carboxylic acids is 2. The summed E-state index contributed by atoms with van der Waals surface area (Å²) in [6, 6.07) is 21.9. The number of benzene rings is 2. The third-order valence-corrected chi connectivity index (χ3v) is 9.79. The highest BCUT2D eigenvalue weighted by molar-refractivity contribution is 7.90. The van der Waals surface area contributed by atoms with Crippen LogP contribution >= 0.6 is 0 Å². The molecule has 2 heterocycles. The Morgan fingerprint density at radius 3 is 2.41 bits per heavy atom. The summed E-state index contributed by atoms with van der Waals surface area (Å²) in [5.41, 5.74) is 1.97. The Morgan fingerprint density at radius 1 is 1.02 bits per heavy atom. The lowest BCUT2D eigenvalue weighted by Crippen LogP contribution is -2.49. The monoisotopic (exact) mass is 570 g/mol. The number of pyridine rings is 1. The van der Waals surface area contributed by atoms with Gasteiger partial charge in [0, 0.05) is 18.5 Å². The van der Waals surface area contributed by atoms with Crippen LogP contribution in [-0.2, 0) is 36.3 Å². The zero-order valence-electron chi connectivity index (χ0n) is 23.2. The molecule has 0 radical (unpaired) electrons. The zero-order chi connectivity index (χ0) is 29.0. The fraction of sp³-hybridized carbons (Fsp3) is 0.394. The molecule has 5 rings (SSSR count). The molecule has 3 aromatic rings. The summed E-state index contributed by atoms with van der Waals surface area (Å²) in [6.07, 6.45) is 6.02. The molecule has 3 atom stereocenters. The summed E-state index contributed by atoms with van der Waals surface area (Å²) in [7, 11) is -3.76. The molecule has 0 N–H and O–H groups in total. The lowest BCUT2D eigenvalue weighted by Gasteiger charge is -2.41. The highest BCUT2D eigenvalue weighted by Crippen LogP contribution is 2.50. The number of carbonyl (C=O) groups is 2. The summed E-state index contributed by atoms with van der Waals surface area (Å²) >= 11 is 0. The van der Waals surface area contributed by atoms with E-state index in [4.69, 9.17) is 10.00 Å². The van der Waals surface area contributed by atoms with Crippen LogP contribution in [0.25, 0.3) is 0 Å². The van der Waals surface area contributed by atoms with Gasteiger partial charge in [0.2, 0.25) is 0 Å². The van der Waals surface area contributed by atoms with Crippen LogP contribution in [0.15, 0.2) is 78.0 Å². The molecule has 2 fully saturated rings. The first-order chi connectivity index (χ1) is 19.7. The molecule has 0 spiro atoms. The number of ether oxygens (including phenoxy) is 1. The molecule has 1 aromatic heterocycles. The number of esters is 1. The minimum absolute atomic E-state index is 0.0838. The maximum absolute atomic E-state index is 13.8. The Hall–Kier alpha value is -3.83. The molecule has 7 nitrogen and oxygen atoms in total. The second kappa shape index (κ2) is 12.0. The van der Waals surface area contributed by atoms with Crippen LogP contribution in [0.1, 0.15) is 73.6 Å². The summed E-state index contributed by atoms with van der Waals surface area (Å²) in [4.78, 5) is 31.4. The van der Waals surface area contributed by atoms with E-state index in [-0.39, 0.29) is 40.4 Å². The average Bonchev–Trinajstić information content (AvgIpc) is 3.80. The van der Waals surface area contributed by atoms with E-state index in [1.165, 1.54) is 18.3 Å². The van der Waals surface area contributed by atoms with Gasteiger partial charge < -0.3 is 4.74 Å². The Bertz CT molecular complexity index is 1540. The second-order valence-corrected chi connectivity index (χ2v) is 13.3. The van der Waals surface area contributed by atoms with Crippen LogP contribution in [0.5, 0.6) is 0 Å². The lowest BCUT2D eigenvalue weighted by molar-refractivity contribution is -0.180. The average molecular weight is 571 g/mol. The van der Waals surface area contributed by atoms with Crippen molar-refractivity contribution in [1.29, 1.82) is 5.26 Å². The molecular weight excluding hydrogens is 536 g/mol. The van der Waals surface area contributed by atoms with Gasteiger partial charge in [-0.1, -0.05) is 67.9 Å². The molecule has 0 amide bonds. The molecule has 1 aliphatic heterocycles. The predicted molar refractivity (Wildman–Crippen MR) is 153 cm³/mol. The Morgan fingerprint density at radius 2 is 1.78 bits per heavy atom. The Labute approximate surface area is 241 Å². The van der Waals surface area contributed by atoms with Gasteiger partial charge in [-0.3, -0.25) is 9.59 Å². The number of aromatic nitrogens is 1. The van der Waals surface area contributed by atoms with Gasteiger partial charge in [-0.2, -0.15) is 5.26 Å². The Kier molecular flexibility index (Phi) is 8.37. The van der Waals surface area contributed by atoms with E-state index in [2.05, 4.69) is 4.98 Å². The van der Waals surface area contributed by atoms with Crippen molar-refractivity contribution >= 4 is 21.6 Å². The van der Waals surface area contributed by atoms with E-state index in [0.717, 1.165) is 36.8 Å². The number of aryl methyl sites for hydroxylation is 1. The number of sulfone groups is 1. The molecule has 8 heteroatoms. The number of hydrogen-bond acceptors (Lipinski definition) is 7. The van der Waals surface area contributed by atoms with Crippen molar-refractivity contribution in [2.45, 2.75) is 74.2 Å². The third kappa shape index (κ3) is 6.57. The van der Waals surface area contributed by atoms with Gasteiger partial charge in [0.1, 0.15) is 17.6 Å². The summed E-state index contributed by atoms with van der Waals surface area (Å²) < 4.78 is 32.3. The zero-order valence-corrected chi connectivity index (χ0v) is 24.0. The van der Waals surface area contributed by atoms with Gasteiger partial charge in [0.25, 0.3) is 0 Å². The molecule has 1 saturated carbocycles. The fourth-order valence-electron chi connectivity index (χ4n) is 6.10.